The third-order valence-electron chi connectivity index (χ3n) is 3.62. The first kappa shape index (κ1) is 20.7. The summed E-state index contributed by atoms with van der Waals surface area (Å²) in [5.41, 5.74) is 0. The normalized spacial score (nSPS) is 12.0. The molecule has 2 heteroatoms. The van der Waals surface area contributed by atoms with Crippen molar-refractivity contribution >= 4 is 5.97 Å². The number of carboxylic acids is 1. The van der Waals surface area contributed by atoms with Gasteiger partial charge in [0.2, 0.25) is 0 Å². The SMILES string of the molecule is CCCCCCCCCCCCC=CC=CC=CCC(=O)O. The molecule has 22 heavy (non-hydrogen) atoms. The first-order valence-electron chi connectivity index (χ1n) is 8.97. The lowest BCUT2D eigenvalue weighted by Gasteiger charge is -2.01. The Hall–Kier alpha value is -1.31. The number of rotatable bonds is 15. The molecular formula is C20H34O2. The van der Waals surface area contributed by atoms with Gasteiger partial charge in [0.15, 0.2) is 0 Å². The van der Waals surface area contributed by atoms with Gasteiger partial charge in [0.1, 0.15) is 0 Å². The first-order valence-corrected chi connectivity index (χ1v) is 8.97. The van der Waals surface area contributed by atoms with E-state index in [0.717, 1.165) is 6.42 Å². The third kappa shape index (κ3) is 18.7. The summed E-state index contributed by atoms with van der Waals surface area (Å²) in [4.78, 5) is 10.3. The lowest BCUT2D eigenvalue weighted by Crippen LogP contribution is -1.89. The van der Waals surface area contributed by atoms with Crippen LogP contribution in [-0.2, 0) is 4.79 Å². The number of unbranched alkanes of at least 4 members (excludes halogenated alkanes) is 10. The summed E-state index contributed by atoms with van der Waals surface area (Å²) in [6.45, 7) is 2.26. The molecule has 0 fully saturated rings. The van der Waals surface area contributed by atoms with Crippen molar-refractivity contribution in [2.45, 2.75) is 84.0 Å². The van der Waals surface area contributed by atoms with E-state index in [0.29, 0.717) is 0 Å². The monoisotopic (exact) mass is 306 g/mol. The molecule has 0 unspecified atom stereocenters. The van der Waals surface area contributed by atoms with E-state index in [1.54, 1.807) is 12.2 Å². The average molecular weight is 306 g/mol. The molecule has 0 spiro atoms. The van der Waals surface area contributed by atoms with E-state index >= 15 is 0 Å². The van der Waals surface area contributed by atoms with Crippen molar-refractivity contribution < 1.29 is 9.90 Å². The Labute approximate surface area is 137 Å². The lowest BCUT2D eigenvalue weighted by atomic mass is 10.1. The van der Waals surface area contributed by atoms with E-state index in [2.05, 4.69) is 13.0 Å². The number of hydrogen-bond acceptors (Lipinski definition) is 1. The average Bonchev–Trinajstić information content (AvgIpc) is 2.50. The second kappa shape index (κ2) is 17.7. The Morgan fingerprint density at radius 1 is 0.727 bits per heavy atom. The van der Waals surface area contributed by atoms with Crippen LogP contribution in [0.1, 0.15) is 84.0 Å². The van der Waals surface area contributed by atoms with Gasteiger partial charge in [-0.2, -0.15) is 0 Å². The molecule has 0 rings (SSSR count). The smallest absolute Gasteiger partial charge is 0.307 e. The predicted octanol–water partition coefficient (Wildman–Crippen LogP) is 6.44. The minimum atomic E-state index is -0.791. The quantitative estimate of drug-likeness (QED) is 0.279. The molecule has 0 radical (unpaired) electrons. The molecule has 0 aromatic rings. The molecule has 0 aliphatic rings. The summed E-state index contributed by atoms with van der Waals surface area (Å²) in [6, 6.07) is 0. The molecule has 0 aromatic carbocycles. The number of carbonyl (C=O) groups is 1. The topological polar surface area (TPSA) is 37.3 Å². The molecule has 2 nitrogen and oxygen atoms in total. The summed E-state index contributed by atoms with van der Waals surface area (Å²) < 4.78 is 0. The fourth-order valence-electron chi connectivity index (χ4n) is 2.30. The van der Waals surface area contributed by atoms with Crippen LogP contribution >= 0.6 is 0 Å². The zero-order valence-corrected chi connectivity index (χ0v) is 14.3. The second-order valence-corrected chi connectivity index (χ2v) is 5.81. The molecule has 0 amide bonds. The molecule has 0 atom stereocenters. The Kier molecular flexibility index (Phi) is 16.7. The van der Waals surface area contributed by atoms with Crippen LogP contribution in [0.5, 0.6) is 0 Å². The van der Waals surface area contributed by atoms with Crippen LogP contribution in [0.15, 0.2) is 36.5 Å². The Morgan fingerprint density at radius 2 is 1.23 bits per heavy atom. The molecule has 1 N–H and O–H groups in total. The summed E-state index contributed by atoms with van der Waals surface area (Å²) >= 11 is 0. The van der Waals surface area contributed by atoms with E-state index in [9.17, 15) is 4.79 Å². The fraction of sp³-hybridized carbons (Fsp3) is 0.650. The van der Waals surface area contributed by atoms with Crippen LogP contribution in [0.4, 0.5) is 0 Å². The molecular weight excluding hydrogens is 272 g/mol. The van der Waals surface area contributed by atoms with Crippen LogP contribution in [0.3, 0.4) is 0 Å². The third-order valence-corrected chi connectivity index (χ3v) is 3.62. The Balaban J connectivity index is 3.25. The van der Waals surface area contributed by atoms with E-state index in [1.165, 1.54) is 64.2 Å². The Morgan fingerprint density at radius 3 is 1.77 bits per heavy atom. The van der Waals surface area contributed by atoms with Gasteiger partial charge in [0.05, 0.1) is 6.42 Å². The van der Waals surface area contributed by atoms with Gasteiger partial charge < -0.3 is 5.11 Å². The molecule has 0 heterocycles. The number of hydrogen-bond donors (Lipinski definition) is 1. The van der Waals surface area contributed by atoms with Gasteiger partial charge in [-0.15, -0.1) is 0 Å². The van der Waals surface area contributed by atoms with Crippen molar-refractivity contribution in [1.82, 2.24) is 0 Å². The maximum atomic E-state index is 10.3. The fourth-order valence-corrected chi connectivity index (χ4v) is 2.30. The van der Waals surface area contributed by atoms with Gasteiger partial charge in [-0.3, -0.25) is 4.79 Å². The lowest BCUT2D eigenvalue weighted by molar-refractivity contribution is -0.136. The predicted molar refractivity (Wildman–Crippen MR) is 96.1 cm³/mol. The van der Waals surface area contributed by atoms with Crippen LogP contribution < -0.4 is 0 Å². The summed E-state index contributed by atoms with van der Waals surface area (Å²) in [5.74, 6) is -0.791. The number of allylic oxidation sites excluding steroid dienone is 5. The molecule has 0 saturated heterocycles. The molecule has 0 saturated carbocycles. The van der Waals surface area contributed by atoms with Crippen LogP contribution in [-0.4, -0.2) is 11.1 Å². The highest BCUT2D eigenvalue weighted by atomic mass is 16.4. The summed E-state index contributed by atoms with van der Waals surface area (Å²) in [6.07, 6.45) is 26.5. The maximum absolute atomic E-state index is 10.3. The van der Waals surface area contributed by atoms with Gasteiger partial charge in [-0.05, 0) is 12.8 Å². The second-order valence-electron chi connectivity index (χ2n) is 5.81. The number of carboxylic acid groups (broad SMARTS) is 1. The van der Waals surface area contributed by atoms with Crippen LogP contribution in [0.2, 0.25) is 0 Å². The van der Waals surface area contributed by atoms with Crippen LogP contribution in [0.25, 0.3) is 0 Å². The van der Waals surface area contributed by atoms with Crippen molar-refractivity contribution in [2.75, 3.05) is 0 Å². The highest BCUT2D eigenvalue weighted by molar-refractivity contribution is 5.68. The zero-order chi connectivity index (χ0) is 16.3. The highest BCUT2D eigenvalue weighted by Gasteiger charge is 1.91. The largest absolute Gasteiger partial charge is 0.481 e. The van der Waals surface area contributed by atoms with Gasteiger partial charge >= 0.3 is 5.97 Å². The highest BCUT2D eigenvalue weighted by Crippen LogP contribution is 2.11. The zero-order valence-electron chi connectivity index (χ0n) is 14.3. The standard InChI is InChI=1S/C20H34O2/c1-2-3-4-5-6-7-8-9-10-11-12-13-14-15-16-17-18-19-20(21)22/h13-18H,2-12,19H2,1H3,(H,21,22). The van der Waals surface area contributed by atoms with Gasteiger partial charge in [-0.1, -0.05) is 101 Å². The van der Waals surface area contributed by atoms with E-state index in [1.807, 2.05) is 18.2 Å². The Bertz CT molecular complexity index is 327. The van der Waals surface area contributed by atoms with Gasteiger partial charge in [-0.25, -0.2) is 0 Å². The van der Waals surface area contributed by atoms with Crippen molar-refractivity contribution in [3.63, 3.8) is 0 Å². The van der Waals surface area contributed by atoms with Crippen molar-refractivity contribution in [1.29, 1.82) is 0 Å². The molecule has 0 bridgehead atoms. The van der Waals surface area contributed by atoms with Crippen LogP contribution in [0, 0.1) is 0 Å². The molecule has 0 aliphatic carbocycles. The van der Waals surface area contributed by atoms with Gasteiger partial charge in [0.25, 0.3) is 0 Å². The molecule has 0 aromatic heterocycles. The first-order chi connectivity index (χ1) is 10.8. The van der Waals surface area contributed by atoms with E-state index in [4.69, 9.17) is 5.11 Å². The summed E-state index contributed by atoms with van der Waals surface area (Å²) in [5, 5.41) is 8.45. The van der Waals surface area contributed by atoms with Crippen molar-refractivity contribution in [3.05, 3.63) is 36.5 Å². The van der Waals surface area contributed by atoms with E-state index < -0.39 is 5.97 Å². The van der Waals surface area contributed by atoms with Crippen molar-refractivity contribution in [3.8, 4) is 0 Å². The summed E-state index contributed by atoms with van der Waals surface area (Å²) in [7, 11) is 0. The minimum Gasteiger partial charge on any atom is -0.481 e. The molecule has 126 valence electrons. The number of aliphatic carboxylic acids is 1. The molecule has 0 aliphatic heterocycles. The maximum Gasteiger partial charge on any atom is 0.307 e. The van der Waals surface area contributed by atoms with Crippen molar-refractivity contribution in [2.24, 2.45) is 0 Å². The minimum absolute atomic E-state index is 0.0899. The van der Waals surface area contributed by atoms with E-state index in [-0.39, 0.29) is 6.42 Å². The van der Waals surface area contributed by atoms with Gasteiger partial charge in [0, 0.05) is 0 Å².